The van der Waals surface area contributed by atoms with Crippen LogP contribution in [-0.2, 0) is 11.2 Å². The van der Waals surface area contributed by atoms with Gasteiger partial charge < -0.3 is 10.4 Å². The SMILES string of the molecule is Cc1nc2ncnn2c(C)c1CCC(=O)NCC(O)c1ccsc1. The number of rotatable bonds is 6. The lowest BCUT2D eigenvalue weighted by molar-refractivity contribution is -0.121. The molecule has 126 valence electrons. The number of hydrogen-bond acceptors (Lipinski definition) is 6. The topological polar surface area (TPSA) is 92.4 Å². The van der Waals surface area contributed by atoms with E-state index >= 15 is 0 Å². The Hall–Kier alpha value is -2.32. The summed E-state index contributed by atoms with van der Waals surface area (Å²) < 4.78 is 1.68. The van der Waals surface area contributed by atoms with Crippen molar-refractivity contribution < 1.29 is 9.90 Å². The molecule has 0 spiro atoms. The summed E-state index contributed by atoms with van der Waals surface area (Å²) in [6.07, 6.45) is 1.70. The van der Waals surface area contributed by atoms with E-state index in [1.165, 1.54) is 17.7 Å². The largest absolute Gasteiger partial charge is 0.387 e. The molecule has 2 N–H and O–H groups in total. The molecule has 8 heteroatoms. The molecule has 3 aromatic rings. The maximum atomic E-state index is 12.1. The van der Waals surface area contributed by atoms with Crippen LogP contribution in [0.1, 0.15) is 35.0 Å². The lowest BCUT2D eigenvalue weighted by Crippen LogP contribution is -2.28. The van der Waals surface area contributed by atoms with Gasteiger partial charge in [-0.2, -0.15) is 21.4 Å². The summed E-state index contributed by atoms with van der Waals surface area (Å²) in [7, 11) is 0. The van der Waals surface area contributed by atoms with Crippen molar-refractivity contribution in [1.29, 1.82) is 0 Å². The molecule has 24 heavy (non-hydrogen) atoms. The minimum atomic E-state index is -0.670. The number of carbonyl (C=O) groups is 1. The number of nitrogens with one attached hydrogen (secondary N) is 1. The summed E-state index contributed by atoms with van der Waals surface area (Å²) in [5.74, 6) is 0.471. The highest BCUT2D eigenvalue weighted by Gasteiger charge is 2.14. The summed E-state index contributed by atoms with van der Waals surface area (Å²) in [5, 5.41) is 20.7. The zero-order valence-electron chi connectivity index (χ0n) is 13.6. The zero-order valence-corrected chi connectivity index (χ0v) is 14.4. The number of amides is 1. The van der Waals surface area contributed by atoms with Crippen molar-refractivity contribution in [2.75, 3.05) is 6.54 Å². The number of nitrogens with zero attached hydrogens (tertiary/aromatic N) is 4. The number of aliphatic hydroxyl groups excluding tert-OH is 1. The summed E-state index contributed by atoms with van der Waals surface area (Å²) >= 11 is 1.52. The standard InChI is InChI=1S/C16H19N5O2S/c1-10-13(11(2)21-16(20-10)18-9-19-21)3-4-15(23)17-7-14(22)12-5-6-24-8-12/h5-6,8-9,14,22H,3-4,7H2,1-2H3,(H,17,23). The molecular weight excluding hydrogens is 326 g/mol. The smallest absolute Gasteiger partial charge is 0.252 e. The van der Waals surface area contributed by atoms with E-state index in [9.17, 15) is 9.90 Å². The van der Waals surface area contributed by atoms with Gasteiger partial charge in [-0.05, 0) is 48.2 Å². The van der Waals surface area contributed by atoms with Crippen LogP contribution in [0.15, 0.2) is 23.2 Å². The number of thiophene rings is 1. The Balaban J connectivity index is 1.58. The normalized spacial score (nSPS) is 12.5. The molecule has 7 nitrogen and oxygen atoms in total. The number of aromatic nitrogens is 4. The number of carbonyl (C=O) groups excluding carboxylic acids is 1. The van der Waals surface area contributed by atoms with Gasteiger partial charge >= 0.3 is 0 Å². The van der Waals surface area contributed by atoms with Crippen LogP contribution < -0.4 is 5.32 Å². The first kappa shape index (κ1) is 16.5. The zero-order chi connectivity index (χ0) is 17.1. The van der Waals surface area contributed by atoms with Crippen LogP contribution >= 0.6 is 11.3 Å². The molecule has 3 aromatic heterocycles. The Morgan fingerprint density at radius 1 is 1.46 bits per heavy atom. The van der Waals surface area contributed by atoms with Gasteiger partial charge in [-0.3, -0.25) is 4.79 Å². The lowest BCUT2D eigenvalue weighted by atomic mass is 10.1. The van der Waals surface area contributed by atoms with Gasteiger partial charge in [0.15, 0.2) is 0 Å². The van der Waals surface area contributed by atoms with Gasteiger partial charge in [0, 0.05) is 24.4 Å². The monoisotopic (exact) mass is 345 g/mol. The van der Waals surface area contributed by atoms with E-state index in [4.69, 9.17) is 0 Å². The third kappa shape index (κ3) is 3.44. The average Bonchev–Trinajstić information content (AvgIpc) is 3.23. The molecule has 0 aliphatic heterocycles. The summed E-state index contributed by atoms with van der Waals surface area (Å²) in [6, 6.07) is 1.85. The van der Waals surface area contributed by atoms with Crippen molar-refractivity contribution in [2.24, 2.45) is 0 Å². The van der Waals surface area contributed by atoms with Crippen LogP contribution in [0.3, 0.4) is 0 Å². The number of fused-ring (bicyclic) bond motifs is 1. The molecule has 1 amide bonds. The van der Waals surface area contributed by atoms with E-state index in [2.05, 4.69) is 20.4 Å². The van der Waals surface area contributed by atoms with Crippen molar-refractivity contribution >= 4 is 23.0 Å². The van der Waals surface area contributed by atoms with E-state index in [-0.39, 0.29) is 12.5 Å². The Bertz CT molecular complexity index is 844. The van der Waals surface area contributed by atoms with E-state index in [1.54, 1.807) is 4.52 Å². The second kappa shape index (κ2) is 7.06. The van der Waals surface area contributed by atoms with Gasteiger partial charge in [-0.1, -0.05) is 0 Å². The fraction of sp³-hybridized carbons (Fsp3) is 0.375. The van der Waals surface area contributed by atoms with Crippen LogP contribution in [0.4, 0.5) is 0 Å². The van der Waals surface area contributed by atoms with Crippen molar-refractivity contribution in [3.63, 3.8) is 0 Å². The third-order valence-corrected chi connectivity index (χ3v) is 4.71. The minimum Gasteiger partial charge on any atom is -0.387 e. The van der Waals surface area contributed by atoms with Crippen LogP contribution in [0, 0.1) is 13.8 Å². The summed E-state index contributed by atoms with van der Waals surface area (Å²) in [5.41, 5.74) is 3.63. The molecule has 0 fully saturated rings. The van der Waals surface area contributed by atoms with E-state index in [0.29, 0.717) is 18.6 Å². The van der Waals surface area contributed by atoms with Gasteiger partial charge in [0.1, 0.15) is 6.33 Å². The molecule has 3 rings (SSSR count). The van der Waals surface area contributed by atoms with Gasteiger partial charge in [0.2, 0.25) is 5.91 Å². The molecule has 0 aliphatic rings. The second-order valence-electron chi connectivity index (χ2n) is 5.61. The third-order valence-electron chi connectivity index (χ3n) is 4.01. The van der Waals surface area contributed by atoms with E-state index in [1.807, 2.05) is 30.7 Å². The minimum absolute atomic E-state index is 0.0956. The first-order valence-electron chi connectivity index (χ1n) is 7.69. The van der Waals surface area contributed by atoms with Gasteiger partial charge in [0.25, 0.3) is 5.78 Å². The molecule has 0 radical (unpaired) electrons. The van der Waals surface area contributed by atoms with E-state index < -0.39 is 6.10 Å². The molecule has 0 aromatic carbocycles. The first-order valence-corrected chi connectivity index (χ1v) is 8.63. The maximum Gasteiger partial charge on any atom is 0.252 e. The molecule has 1 unspecified atom stereocenters. The fourth-order valence-electron chi connectivity index (χ4n) is 2.64. The highest BCUT2D eigenvalue weighted by atomic mass is 32.1. The first-order chi connectivity index (χ1) is 11.6. The van der Waals surface area contributed by atoms with Crippen molar-refractivity contribution in [2.45, 2.75) is 32.8 Å². The van der Waals surface area contributed by atoms with Crippen molar-refractivity contribution in [3.8, 4) is 0 Å². The number of hydrogen-bond donors (Lipinski definition) is 2. The van der Waals surface area contributed by atoms with Crippen LogP contribution in [0.2, 0.25) is 0 Å². The molecule has 0 saturated heterocycles. The number of aryl methyl sites for hydroxylation is 2. The predicted octanol–water partition coefficient (Wildman–Crippen LogP) is 1.59. The number of aliphatic hydroxyl groups is 1. The molecule has 1 atom stereocenters. The fourth-order valence-corrected chi connectivity index (χ4v) is 3.34. The van der Waals surface area contributed by atoms with E-state index in [0.717, 1.165) is 22.5 Å². The quantitative estimate of drug-likeness (QED) is 0.708. The molecule has 0 bridgehead atoms. The molecule has 0 saturated carbocycles. The summed E-state index contributed by atoms with van der Waals surface area (Å²) in [6.45, 7) is 4.08. The van der Waals surface area contributed by atoms with Gasteiger partial charge in [-0.25, -0.2) is 9.50 Å². The molecule has 3 heterocycles. The lowest BCUT2D eigenvalue weighted by Gasteiger charge is -2.12. The van der Waals surface area contributed by atoms with Crippen LogP contribution in [-0.4, -0.2) is 37.1 Å². The summed E-state index contributed by atoms with van der Waals surface area (Å²) in [4.78, 5) is 20.5. The predicted molar refractivity (Wildman–Crippen MR) is 90.9 cm³/mol. The molecular formula is C16H19N5O2S. The average molecular weight is 345 g/mol. The van der Waals surface area contributed by atoms with Gasteiger partial charge in [0.05, 0.1) is 6.10 Å². The Kier molecular flexibility index (Phi) is 4.86. The highest BCUT2D eigenvalue weighted by molar-refractivity contribution is 7.07. The van der Waals surface area contributed by atoms with Crippen molar-refractivity contribution in [3.05, 3.63) is 45.7 Å². The highest BCUT2D eigenvalue weighted by Crippen LogP contribution is 2.16. The Morgan fingerprint density at radius 3 is 3.04 bits per heavy atom. The second-order valence-corrected chi connectivity index (χ2v) is 6.39. The maximum absolute atomic E-state index is 12.1. The Labute approximate surface area is 143 Å². The Morgan fingerprint density at radius 2 is 2.29 bits per heavy atom. The molecule has 0 aliphatic carbocycles. The van der Waals surface area contributed by atoms with Crippen molar-refractivity contribution in [1.82, 2.24) is 24.9 Å². The van der Waals surface area contributed by atoms with Crippen LogP contribution in [0.25, 0.3) is 5.78 Å². The van der Waals surface area contributed by atoms with Crippen LogP contribution in [0.5, 0.6) is 0 Å². The van der Waals surface area contributed by atoms with Gasteiger partial charge in [-0.15, -0.1) is 0 Å².